The van der Waals surface area contributed by atoms with Crippen molar-refractivity contribution in [2.45, 2.75) is 39.0 Å². The summed E-state index contributed by atoms with van der Waals surface area (Å²) in [6.07, 6.45) is 5.77. The van der Waals surface area contributed by atoms with Crippen LogP contribution in [-0.2, 0) is 0 Å². The lowest BCUT2D eigenvalue weighted by atomic mass is 10.4. The van der Waals surface area contributed by atoms with Gasteiger partial charge in [-0.2, -0.15) is 0 Å². The van der Waals surface area contributed by atoms with E-state index < -0.39 is 8.07 Å². The lowest BCUT2D eigenvalue weighted by Crippen LogP contribution is -2.17. The van der Waals surface area contributed by atoms with Crippen LogP contribution < -0.4 is 0 Å². The summed E-state index contributed by atoms with van der Waals surface area (Å²) in [5, 5.41) is 0. The molecule has 0 aliphatic carbocycles. The Hall–Kier alpha value is -0.0431. The molecule has 0 N–H and O–H groups in total. The van der Waals surface area contributed by atoms with Crippen molar-refractivity contribution in [1.29, 1.82) is 0 Å². The van der Waals surface area contributed by atoms with E-state index in [2.05, 4.69) is 38.7 Å². The van der Waals surface area contributed by atoms with E-state index in [9.17, 15) is 0 Å². The van der Waals surface area contributed by atoms with E-state index in [0.29, 0.717) is 0 Å². The first kappa shape index (κ1) is 8.96. The fourth-order valence-corrected chi connectivity index (χ4v) is 1.48. The van der Waals surface area contributed by atoms with Crippen LogP contribution >= 0.6 is 0 Å². The Labute approximate surface area is 60.0 Å². The Balaban J connectivity index is 3.38. The van der Waals surface area contributed by atoms with Gasteiger partial charge in [-0.15, -0.1) is 0 Å². The summed E-state index contributed by atoms with van der Waals surface area (Å²) in [7, 11) is -0.781. The summed E-state index contributed by atoms with van der Waals surface area (Å²) in [5.41, 5.74) is 0. The van der Waals surface area contributed by atoms with Gasteiger partial charge in [0.2, 0.25) is 0 Å². The average Bonchev–Trinajstić information content (AvgIpc) is 1.63. The second kappa shape index (κ2) is 3.88. The Kier molecular flexibility index (Phi) is 3.87. The Bertz CT molecular complexity index is 87.2. The van der Waals surface area contributed by atoms with Gasteiger partial charge >= 0.3 is 0 Å². The van der Waals surface area contributed by atoms with Crippen LogP contribution in [0.4, 0.5) is 0 Å². The highest BCUT2D eigenvalue weighted by Crippen LogP contribution is 2.08. The third-order valence-electron chi connectivity index (χ3n) is 1.13. The highest BCUT2D eigenvalue weighted by Gasteiger charge is 2.08. The van der Waals surface area contributed by atoms with Gasteiger partial charge in [-0.05, 0) is 12.5 Å². The smallest absolute Gasteiger partial charge is 0.0480 e. The van der Waals surface area contributed by atoms with Crippen LogP contribution in [0.1, 0.15) is 13.3 Å². The van der Waals surface area contributed by atoms with E-state index in [4.69, 9.17) is 0 Å². The van der Waals surface area contributed by atoms with Gasteiger partial charge < -0.3 is 0 Å². The van der Waals surface area contributed by atoms with Crippen LogP contribution in [0.3, 0.4) is 0 Å². The van der Waals surface area contributed by atoms with Crippen LogP contribution in [0.15, 0.2) is 12.2 Å². The van der Waals surface area contributed by atoms with E-state index in [1.165, 1.54) is 12.5 Å². The van der Waals surface area contributed by atoms with E-state index in [0.717, 1.165) is 0 Å². The standard InChI is InChI=1S/C8H18Si/c1-5-6-7-8-9(2,3)4/h6-7H,5,8H2,1-4H3/b7-6-. The molecule has 0 rings (SSSR count). The normalized spacial score (nSPS) is 12.9. The predicted molar refractivity (Wildman–Crippen MR) is 47.6 cm³/mol. The van der Waals surface area contributed by atoms with Gasteiger partial charge in [0.1, 0.15) is 0 Å². The van der Waals surface area contributed by atoms with E-state index >= 15 is 0 Å². The van der Waals surface area contributed by atoms with Gasteiger partial charge in [0, 0.05) is 8.07 Å². The Morgan fingerprint density at radius 3 is 2.00 bits per heavy atom. The van der Waals surface area contributed by atoms with Crippen molar-refractivity contribution in [3.8, 4) is 0 Å². The fourth-order valence-electron chi connectivity index (χ4n) is 0.604. The molecule has 0 bridgehead atoms. The topological polar surface area (TPSA) is 0 Å². The quantitative estimate of drug-likeness (QED) is 0.419. The molecule has 0 nitrogen and oxygen atoms in total. The third-order valence-corrected chi connectivity index (χ3v) is 2.59. The maximum atomic E-state index is 2.40. The largest absolute Gasteiger partial charge is 0.0912 e. The average molecular weight is 142 g/mol. The van der Waals surface area contributed by atoms with Crippen molar-refractivity contribution in [3.63, 3.8) is 0 Å². The molecule has 0 aromatic carbocycles. The maximum Gasteiger partial charge on any atom is 0.0480 e. The van der Waals surface area contributed by atoms with Gasteiger partial charge in [-0.25, -0.2) is 0 Å². The molecule has 54 valence electrons. The second-order valence-corrected chi connectivity index (χ2v) is 9.17. The number of hydrogen-bond acceptors (Lipinski definition) is 0. The molecule has 0 spiro atoms. The van der Waals surface area contributed by atoms with Crippen molar-refractivity contribution in [2.75, 3.05) is 0 Å². The summed E-state index contributed by atoms with van der Waals surface area (Å²) >= 11 is 0. The zero-order valence-corrected chi connectivity index (χ0v) is 8.07. The van der Waals surface area contributed by atoms with Crippen molar-refractivity contribution in [3.05, 3.63) is 12.2 Å². The lowest BCUT2D eigenvalue weighted by Gasteiger charge is -2.11. The molecule has 1 heteroatoms. The van der Waals surface area contributed by atoms with Crippen molar-refractivity contribution >= 4 is 8.07 Å². The monoisotopic (exact) mass is 142 g/mol. The minimum atomic E-state index is -0.781. The number of allylic oxidation sites excluding steroid dienone is 2. The Morgan fingerprint density at radius 2 is 1.67 bits per heavy atom. The molecular weight excluding hydrogens is 124 g/mol. The highest BCUT2D eigenvalue weighted by atomic mass is 28.3. The predicted octanol–water partition coefficient (Wildman–Crippen LogP) is 3.29. The number of rotatable bonds is 3. The fraction of sp³-hybridized carbons (Fsp3) is 0.750. The van der Waals surface area contributed by atoms with Crippen LogP contribution in [0.2, 0.25) is 25.7 Å². The molecule has 0 unspecified atom stereocenters. The van der Waals surface area contributed by atoms with Gasteiger partial charge in [0.25, 0.3) is 0 Å². The third kappa shape index (κ3) is 7.96. The summed E-state index contributed by atoms with van der Waals surface area (Å²) in [5.74, 6) is 0. The van der Waals surface area contributed by atoms with Gasteiger partial charge in [-0.1, -0.05) is 38.7 Å². The first-order valence-corrected chi connectivity index (χ1v) is 7.42. The van der Waals surface area contributed by atoms with E-state index in [1.807, 2.05) is 0 Å². The van der Waals surface area contributed by atoms with Crippen LogP contribution in [0.25, 0.3) is 0 Å². The molecule has 0 saturated heterocycles. The summed E-state index contributed by atoms with van der Waals surface area (Å²) < 4.78 is 0. The minimum Gasteiger partial charge on any atom is -0.0912 e. The molecule has 0 aliphatic rings. The van der Waals surface area contributed by atoms with E-state index in [1.54, 1.807) is 0 Å². The maximum absolute atomic E-state index is 2.40. The molecule has 9 heavy (non-hydrogen) atoms. The second-order valence-electron chi connectivity index (χ2n) is 3.64. The van der Waals surface area contributed by atoms with Crippen LogP contribution in [0, 0.1) is 0 Å². The van der Waals surface area contributed by atoms with Crippen molar-refractivity contribution < 1.29 is 0 Å². The molecule has 0 radical (unpaired) electrons. The van der Waals surface area contributed by atoms with Gasteiger partial charge in [-0.3, -0.25) is 0 Å². The van der Waals surface area contributed by atoms with Crippen LogP contribution in [-0.4, -0.2) is 8.07 Å². The molecule has 0 aromatic rings. The van der Waals surface area contributed by atoms with E-state index in [-0.39, 0.29) is 0 Å². The first-order valence-electron chi connectivity index (χ1n) is 3.71. The van der Waals surface area contributed by atoms with Crippen molar-refractivity contribution in [2.24, 2.45) is 0 Å². The lowest BCUT2D eigenvalue weighted by molar-refractivity contribution is 1.21. The molecule has 0 atom stereocenters. The summed E-state index contributed by atoms with van der Waals surface area (Å²) in [4.78, 5) is 0. The highest BCUT2D eigenvalue weighted by molar-refractivity contribution is 6.76. The molecular formula is C8H18Si. The molecule has 0 amide bonds. The molecule has 0 saturated carbocycles. The van der Waals surface area contributed by atoms with Crippen molar-refractivity contribution in [1.82, 2.24) is 0 Å². The molecule has 0 aliphatic heterocycles. The van der Waals surface area contributed by atoms with Gasteiger partial charge in [0.05, 0.1) is 0 Å². The molecule has 0 heterocycles. The Morgan fingerprint density at radius 1 is 1.11 bits per heavy atom. The SMILES string of the molecule is CC/C=C\C[Si](C)(C)C. The van der Waals surface area contributed by atoms with Gasteiger partial charge in [0.15, 0.2) is 0 Å². The minimum absolute atomic E-state index is 0.781. The first-order chi connectivity index (χ1) is 4.06. The van der Waals surface area contributed by atoms with Crippen LogP contribution in [0.5, 0.6) is 0 Å². The summed E-state index contributed by atoms with van der Waals surface area (Å²) in [6, 6.07) is 1.33. The number of hydrogen-bond donors (Lipinski definition) is 0. The zero-order chi connectivity index (χ0) is 7.33. The molecule has 0 fully saturated rings. The summed E-state index contributed by atoms with van der Waals surface area (Å²) in [6.45, 7) is 9.37. The zero-order valence-electron chi connectivity index (χ0n) is 7.07. The molecule has 0 aromatic heterocycles.